The predicted molar refractivity (Wildman–Crippen MR) is 102 cm³/mol. The topological polar surface area (TPSA) is 51.4 Å². The van der Waals surface area contributed by atoms with Crippen LogP contribution < -0.4 is 4.74 Å². The molecule has 0 bridgehead atoms. The van der Waals surface area contributed by atoms with Gasteiger partial charge in [0, 0.05) is 17.8 Å². The molecular weight excluding hydrogens is 346 g/mol. The van der Waals surface area contributed by atoms with Crippen molar-refractivity contribution in [2.75, 3.05) is 13.7 Å². The van der Waals surface area contributed by atoms with Crippen molar-refractivity contribution in [2.24, 2.45) is 0 Å². The maximum atomic E-state index is 6.11. The molecule has 0 radical (unpaired) electrons. The maximum absolute atomic E-state index is 6.11. The first-order valence-electron chi connectivity index (χ1n) is 8.93. The standard InChI is InChI=1S/C20H23N3O2S/c1-14-19(26-13-22-14)12-23-9-3-4-18(23)20-21-11-17(25-20)10-15-5-7-16(24-2)8-6-15/h5-8,11,13,18H,3-4,9-10,12H2,1-2H3. The number of hydrogen-bond donors (Lipinski definition) is 0. The van der Waals surface area contributed by atoms with Crippen LogP contribution in [0.3, 0.4) is 0 Å². The average Bonchev–Trinajstić information content (AvgIpc) is 3.38. The number of aryl methyl sites for hydroxylation is 1. The van der Waals surface area contributed by atoms with Crippen LogP contribution >= 0.6 is 11.3 Å². The van der Waals surface area contributed by atoms with Crippen molar-refractivity contribution >= 4 is 11.3 Å². The molecule has 1 atom stereocenters. The first-order chi connectivity index (χ1) is 12.7. The molecule has 1 aliphatic rings. The summed E-state index contributed by atoms with van der Waals surface area (Å²) >= 11 is 1.73. The first kappa shape index (κ1) is 17.2. The van der Waals surface area contributed by atoms with E-state index in [1.54, 1.807) is 18.4 Å². The summed E-state index contributed by atoms with van der Waals surface area (Å²) in [4.78, 5) is 12.7. The molecule has 2 aromatic heterocycles. The lowest BCUT2D eigenvalue weighted by Gasteiger charge is -2.21. The predicted octanol–water partition coefficient (Wildman–Crippen LogP) is 4.38. The average molecular weight is 369 g/mol. The van der Waals surface area contributed by atoms with E-state index < -0.39 is 0 Å². The molecule has 136 valence electrons. The van der Waals surface area contributed by atoms with E-state index in [9.17, 15) is 0 Å². The molecule has 0 spiro atoms. The van der Waals surface area contributed by atoms with Gasteiger partial charge in [-0.05, 0) is 44.0 Å². The van der Waals surface area contributed by atoms with Crippen LogP contribution in [0.4, 0.5) is 0 Å². The van der Waals surface area contributed by atoms with Gasteiger partial charge in [0.1, 0.15) is 11.5 Å². The number of benzene rings is 1. The Morgan fingerprint density at radius 3 is 2.85 bits per heavy atom. The minimum absolute atomic E-state index is 0.265. The van der Waals surface area contributed by atoms with Crippen molar-refractivity contribution in [1.29, 1.82) is 0 Å². The Morgan fingerprint density at radius 1 is 1.27 bits per heavy atom. The number of ether oxygens (including phenoxy) is 1. The highest BCUT2D eigenvalue weighted by Gasteiger charge is 2.30. The third kappa shape index (κ3) is 3.66. The summed E-state index contributed by atoms with van der Waals surface area (Å²) in [5.41, 5.74) is 4.25. The molecule has 1 saturated heterocycles. The van der Waals surface area contributed by atoms with Crippen molar-refractivity contribution in [3.8, 4) is 5.75 Å². The Balaban J connectivity index is 1.45. The summed E-state index contributed by atoms with van der Waals surface area (Å²) < 4.78 is 11.3. The van der Waals surface area contributed by atoms with Crippen molar-refractivity contribution in [3.05, 3.63) is 63.8 Å². The zero-order valence-corrected chi connectivity index (χ0v) is 16.0. The molecule has 26 heavy (non-hydrogen) atoms. The second-order valence-electron chi connectivity index (χ2n) is 6.68. The minimum atomic E-state index is 0.265. The molecule has 1 fully saturated rings. The van der Waals surface area contributed by atoms with Crippen LogP contribution in [0.1, 0.15) is 46.7 Å². The number of thiazole rings is 1. The SMILES string of the molecule is COc1ccc(Cc2cnc(C3CCCN3Cc3scnc3C)o2)cc1. The van der Waals surface area contributed by atoms with Crippen molar-refractivity contribution < 1.29 is 9.15 Å². The fourth-order valence-corrected chi connectivity index (χ4v) is 4.26. The second-order valence-corrected chi connectivity index (χ2v) is 7.62. The Labute approximate surface area is 157 Å². The molecule has 1 aliphatic heterocycles. The van der Waals surface area contributed by atoms with Gasteiger partial charge >= 0.3 is 0 Å². The monoisotopic (exact) mass is 369 g/mol. The second kappa shape index (κ2) is 7.60. The normalized spacial score (nSPS) is 17.7. The van der Waals surface area contributed by atoms with Gasteiger partial charge in [0.05, 0.1) is 30.6 Å². The summed E-state index contributed by atoms with van der Waals surface area (Å²) in [6.07, 6.45) is 4.89. The van der Waals surface area contributed by atoms with Crippen LogP contribution in [-0.4, -0.2) is 28.5 Å². The van der Waals surface area contributed by atoms with Crippen LogP contribution in [0.25, 0.3) is 0 Å². The van der Waals surface area contributed by atoms with Gasteiger partial charge in [-0.2, -0.15) is 0 Å². The van der Waals surface area contributed by atoms with Crippen LogP contribution in [-0.2, 0) is 13.0 Å². The van der Waals surface area contributed by atoms with Crippen LogP contribution in [0, 0.1) is 6.92 Å². The number of aromatic nitrogens is 2. The Hall–Kier alpha value is -2.18. The van der Waals surface area contributed by atoms with Crippen molar-refractivity contribution in [2.45, 2.75) is 38.8 Å². The number of rotatable bonds is 6. The number of methoxy groups -OCH3 is 1. The third-order valence-electron chi connectivity index (χ3n) is 4.95. The van der Waals surface area contributed by atoms with Gasteiger partial charge in [-0.3, -0.25) is 4.90 Å². The minimum Gasteiger partial charge on any atom is -0.497 e. The quantitative estimate of drug-likeness (QED) is 0.645. The number of nitrogens with zero attached hydrogens (tertiary/aromatic N) is 3. The van der Waals surface area contributed by atoms with Crippen molar-refractivity contribution in [1.82, 2.24) is 14.9 Å². The van der Waals surface area contributed by atoms with E-state index in [4.69, 9.17) is 9.15 Å². The molecule has 0 aliphatic carbocycles. The molecule has 6 heteroatoms. The van der Waals surface area contributed by atoms with Gasteiger partial charge in [0.25, 0.3) is 0 Å². The van der Waals surface area contributed by atoms with E-state index in [1.165, 1.54) is 16.9 Å². The molecule has 5 nitrogen and oxygen atoms in total. The lowest BCUT2D eigenvalue weighted by molar-refractivity contribution is 0.213. The highest BCUT2D eigenvalue weighted by molar-refractivity contribution is 7.09. The zero-order chi connectivity index (χ0) is 17.9. The molecule has 1 unspecified atom stereocenters. The first-order valence-corrected chi connectivity index (χ1v) is 9.81. The summed E-state index contributed by atoms with van der Waals surface area (Å²) in [6.45, 7) is 4.09. The van der Waals surface area contributed by atoms with Gasteiger partial charge in [-0.1, -0.05) is 12.1 Å². The van der Waals surface area contributed by atoms with E-state index in [1.807, 2.05) is 23.8 Å². The Kier molecular flexibility index (Phi) is 5.04. The summed E-state index contributed by atoms with van der Waals surface area (Å²) in [5, 5.41) is 0. The van der Waals surface area contributed by atoms with E-state index in [-0.39, 0.29) is 6.04 Å². The number of likely N-dealkylation sites (tertiary alicyclic amines) is 1. The summed E-state index contributed by atoms with van der Waals surface area (Å²) in [6, 6.07) is 8.34. The molecule has 0 saturated carbocycles. The molecule has 0 N–H and O–H groups in total. The van der Waals surface area contributed by atoms with Gasteiger partial charge in [-0.15, -0.1) is 11.3 Å². The largest absolute Gasteiger partial charge is 0.497 e. The van der Waals surface area contributed by atoms with Gasteiger partial charge in [0.2, 0.25) is 5.89 Å². The molecule has 0 amide bonds. The van der Waals surface area contributed by atoms with Gasteiger partial charge in [0.15, 0.2) is 0 Å². The third-order valence-corrected chi connectivity index (χ3v) is 5.87. The molecule has 1 aromatic carbocycles. The fraction of sp³-hybridized carbons (Fsp3) is 0.400. The number of oxazole rings is 1. The van der Waals surface area contributed by atoms with Gasteiger partial charge < -0.3 is 9.15 Å². The number of hydrogen-bond acceptors (Lipinski definition) is 6. The lowest BCUT2D eigenvalue weighted by atomic mass is 10.1. The molecule has 4 rings (SSSR count). The Morgan fingerprint density at radius 2 is 2.12 bits per heavy atom. The summed E-state index contributed by atoms with van der Waals surface area (Å²) in [5.74, 6) is 2.62. The van der Waals surface area contributed by atoms with Crippen molar-refractivity contribution in [3.63, 3.8) is 0 Å². The molecule has 3 heterocycles. The fourth-order valence-electron chi connectivity index (χ4n) is 3.46. The Bertz CT molecular complexity index is 856. The van der Waals surface area contributed by atoms with Crippen LogP contribution in [0.5, 0.6) is 5.75 Å². The van der Waals surface area contributed by atoms with E-state index >= 15 is 0 Å². The highest BCUT2D eigenvalue weighted by atomic mass is 32.1. The van der Waals surface area contributed by atoms with Crippen LogP contribution in [0.15, 0.2) is 40.4 Å². The van der Waals surface area contributed by atoms with E-state index in [2.05, 4.69) is 33.9 Å². The molecule has 3 aromatic rings. The molecular formula is C20H23N3O2S. The van der Waals surface area contributed by atoms with Gasteiger partial charge in [-0.25, -0.2) is 9.97 Å². The smallest absolute Gasteiger partial charge is 0.211 e. The van der Waals surface area contributed by atoms with Crippen LogP contribution in [0.2, 0.25) is 0 Å². The van der Waals surface area contributed by atoms with E-state index in [0.29, 0.717) is 0 Å². The summed E-state index contributed by atoms with van der Waals surface area (Å²) in [7, 11) is 1.68. The maximum Gasteiger partial charge on any atom is 0.211 e. The zero-order valence-electron chi connectivity index (χ0n) is 15.1. The highest BCUT2D eigenvalue weighted by Crippen LogP contribution is 2.34. The lowest BCUT2D eigenvalue weighted by Crippen LogP contribution is -2.22. The van der Waals surface area contributed by atoms with E-state index in [0.717, 1.165) is 49.0 Å².